The van der Waals surface area contributed by atoms with Crippen LogP contribution in [0.2, 0.25) is 0 Å². The number of morpholine rings is 1. The first-order valence-corrected chi connectivity index (χ1v) is 10.4. The summed E-state index contributed by atoms with van der Waals surface area (Å²) in [5.74, 6) is -0.230. The number of amides is 1. The molecule has 1 aromatic rings. The average molecular weight is 384 g/mol. The van der Waals surface area contributed by atoms with Crippen LogP contribution in [0.3, 0.4) is 0 Å². The molecule has 2 rings (SSSR count). The molecule has 0 radical (unpaired) electrons. The number of sulfone groups is 1. The molecule has 0 aromatic heterocycles. The summed E-state index contributed by atoms with van der Waals surface area (Å²) in [5.41, 5.74) is -0.293. The topological polar surface area (TPSA) is 95.9 Å². The van der Waals surface area contributed by atoms with E-state index in [0.29, 0.717) is 25.2 Å². The fourth-order valence-corrected chi connectivity index (χ4v) is 4.36. The lowest BCUT2D eigenvalue weighted by molar-refractivity contribution is -0.105. The van der Waals surface area contributed by atoms with Gasteiger partial charge in [0.1, 0.15) is 0 Å². The number of benzene rings is 1. The van der Waals surface area contributed by atoms with E-state index in [-0.39, 0.29) is 35.7 Å². The Morgan fingerprint density at radius 1 is 1.38 bits per heavy atom. The number of ether oxygens (including phenoxy) is 1. The maximum Gasteiger partial charge on any atom is 0.251 e. The number of hydrogen-bond acceptors (Lipinski definition) is 6. The van der Waals surface area contributed by atoms with Crippen LogP contribution in [0, 0.1) is 0 Å². The third-order valence-corrected chi connectivity index (χ3v) is 6.90. The normalized spacial score (nSPS) is 24.4. The van der Waals surface area contributed by atoms with E-state index in [9.17, 15) is 18.3 Å². The van der Waals surface area contributed by atoms with Gasteiger partial charge in [0.15, 0.2) is 9.84 Å². The molecule has 7 nitrogen and oxygen atoms in total. The van der Waals surface area contributed by atoms with Crippen molar-refractivity contribution in [1.29, 1.82) is 0 Å². The lowest BCUT2D eigenvalue weighted by atomic mass is 9.96. The molecule has 1 aromatic carbocycles. The van der Waals surface area contributed by atoms with Crippen LogP contribution in [0.25, 0.3) is 0 Å². The zero-order chi connectivity index (χ0) is 19.4. The summed E-state index contributed by atoms with van der Waals surface area (Å²) < 4.78 is 29.6. The predicted molar refractivity (Wildman–Crippen MR) is 99.0 cm³/mol. The lowest BCUT2D eigenvalue weighted by Gasteiger charge is -2.47. The molecule has 0 spiro atoms. The molecule has 1 aliphatic heterocycles. The third-order valence-electron chi connectivity index (χ3n) is 4.96. The minimum Gasteiger partial charge on any atom is -0.394 e. The fourth-order valence-electron chi connectivity index (χ4n) is 3.04. The maximum absolute atomic E-state index is 12.4. The highest BCUT2D eigenvalue weighted by Crippen LogP contribution is 2.22. The SMILES string of the molecule is CCCS(=O)(=O)c1ccc(C(=O)NC[C@]2(CO)COC[C@@H](C)N2C)cc1. The average Bonchev–Trinajstić information content (AvgIpc) is 2.63. The molecule has 0 bridgehead atoms. The van der Waals surface area contributed by atoms with Gasteiger partial charge in [-0.2, -0.15) is 0 Å². The van der Waals surface area contributed by atoms with Crippen molar-refractivity contribution in [1.82, 2.24) is 10.2 Å². The number of carbonyl (C=O) groups excluding carboxylic acids is 1. The molecule has 8 heteroatoms. The van der Waals surface area contributed by atoms with Crippen LogP contribution in [-0.2, 0) is 14.6 Å². The molecule has 1 saturated heterocycles. The Morgan fingerprint density at radius 2 is 2.04 bits per heavy atom. The van der Waals surface area contributed by atoms with E-state index >= 15 is 0 Å². The highest BCUT2D eigenvalue weighted by Gasteiger charge is 2.40. The lowest BCUT2D eigenvalue weighted by Crippen LogP contribution is -2.65. The first-order chi connectivity index (χ1) is 12.3. The van der Waals surface area contributed by atoms with E-state index in [2.05, 4.69) is 5.32 Å². The molecule has 1 amide bonds. The summed E-state index contributed by atoms with van der Waals surface area (Å²) >= 11 is 0. The van der Waals surface area contributed by atoms with Crippen molar-refractivity contribution in [2.24, 2.45) is 0 Å². The number of hydrogen-bond donors (Lipinski definition) is 2. The Balaban J connectivity index is 2.06. The van der Waals surface area contributed by atoms with Crippen molar-refractivity contribution < 1.29 is 23.1 Å². The van der Waals surface area contributed by atoms with Gasteiger partial charge in [0.25, 0.3) is 5.91 Å². The van der Waals surface area contributed by atoms with E-state index in [1.54, 1.807) is 0 Å². The van der Waals surface area contributed by atoms with Gasteiger partial charge in [-0.25, -0.2) is 8.42 Å². The molecule has 0 aliphatic carbocycles. The Morgan fingerprint density at radius 3 is 2.62 bits per heavy atom. The largest absolute Gasteiger partial charge is 0.394 e. The van der Waals surface area contributed by atoms with E-state index < -0.39 is 15.4 Å². The quantitative estimate of drug-likeness (QED) is 0.718. The molecular formula is C18H28N2O5S. The van der Waals surface area contributed by atoms with Gasteiger partial charge in [0.05, 0.1) is 36.0 Å². The molecule has 1 fully saturated rings. The first kappa shape index (κ1) is 20.8. The van der Waals surface area contributed by atoms with Crippen LogP contribution >= 0.6 is 0 Å². The molecule has 1 heterocycles. The van der Waals surface area contributed by atoms with Crippen LogP contribution in [0.15, 0.2) is 29.2 Å². The van der Waals surface area contributed by atoms with Crippen LogP contribution in [0.5, 0.6) is 0 Å². The second-order valence-corrected chi connectivity index (χ2v) is 8.99. The zero-order valence-electron chi connectivity index (χ0n) is 15.6. The number of aliphatic hydroxyl groups excluding tert-OH is 1. The monoisotopic (exact) mass is 384 g/mol. The fraction of sp³-hybridized carbons (Fsp3) is 0.611. The van der Waals surface area contributed by atoms with Gasteiger partial charge in [0.2, 0.25) is 0 Å². The van der Waals surface area contributed by atoms with E-state index in [0.717, 1.165) is 0 Å². The number of likely N-dealkylation sites (N-methyl/N-ethyl adjacent to an activating group) is 1. The van der Waals surface area contributed by atoms with Gasteiger partial charge in [-0.15, -0.1) is 0 Å². The van der Waals surface area contributed by atoms with Crippen molar-refractivity contribution in [3.05, 3.63) is 29.8 Å². The predicted octanol–water partition coefficient (Wildman–Crippen LogP) is 0.682. The number of nitrogens with one attached hydrogen (secondary N) is 1. The van der Waals surface area contributed by atoms with Crippen molar-refractivity contribution in [3.63, 3.8) is 0 Å². The summed E-state index contributed by atoms with van der Waals surface area (Å²) in [6.45, 7) is 4.82. The van der Waals surface area contributed by atoms with Gasteiger partial charge in [-0.3, -0.25) is 9.69 Å². The van der Waals surface area contributed by atoms with Crippen LogP contribution in [0.4, 0.5) is 0 Å². The highest BCUT2D eigenvalue weighted by atomic mass is 32.2. The number of rotatable bonds is 7. The molecule has 146 valence electrons. The van der Waals surface area contributed by atoms with Crippen LogP contribution < -0.4 is 5.32 Å². The molecule has 2 N–H and O–H groups in total. The van der Waals surface area contributed by atoms with Gasteiger partial charge in [-0.05, 0) is 44.7 Å². The van der Waals surface area contributed by atoms with Gasteiger partial charge in [0, 0.05) is 18.2 Å². The Hall–Kier alpha value is -1.48. The van der Waals surface area contributed by atoms with Crippen molar-refractivity contribution >= 4 is 15.7 Å². The molecule has 26 heavy (non-hydrogen) atoms. The van der Waals surface area contributed by atoms with Gasteiger partial charge in [-0.1, -0.05) is 6.92 Å². The summed E-state index contributed by atoms with van der Waals surface area (Å²) in [4.78, 5) is 14.7. The Kier molecular flexibility index (Phi) is 6.79. The summed E-state index contributed by atoms with van der Waals surface area (Å²) in [7, 11) is -1.39. The van der Waals surface area contributed by atoms with E-state index in [1.807, 2.05) is 25.8 Å². The Bertz CT molecular complexity index is 720. The van der Waals surface area contributed by atoms with E-state index in [1.165, 1.54) is 24.3 Å². The summed E-state index contributed by atoms with van der Waals surface area (Å²) in [6, 6.07) is 6.07. The number of nitrogens with zero attached hydrogens (tertiary/aromatic N) is 1. The molecular weight excluding hydrogens is 356 g/mol. The molecule has 0 unspecified atom stereocenters. The standard InChI is InChI=1S/C18H28N2O5S/c1-4-9-26(23,24)16-7-5-15(6-8-16)17(22)19-11-18(12-21)13-25-10-14(2)20(18)3/h5-8,14,21H,4,9-13H2,1-3H3,(H,19,22)/t14-,18+/m1/s1. The molecule has 1 aliphatic rings. The minimum absolute atomic E-state index is 0.0854. The van der Waals surface area contributed by atoms with Gasteiger partial charge >= 0.3 is 0 Å². The minimum atomic E-state index is -3.30. The van der Waals surface area contributed by atoms with Crippen LogP contribution in [-0.4, -0.2) is 75.1 Å². The van der Waals surface area contributed by atoms with Gasteiger partial charge < -0.3 is 15.2 Å². The van der Waals surface area contributed by atoms with E-state index in [4.69, 9.17) is 4.74 Å². The highest BCUT2D eigenvalue weighted by molar-refractivity contribution is 7.91. The first-order valence-electron chi connectivity index (χ1n) is 8.78. The Labute approximate surface area is 155 Å². The molecule has 0 saturated carbocycles. The smallest absolute Gasteiger partial charge is 0.251 e. The molecule has 2 atom stereocenters. The second kappa shape index (κ2) is 8.47. The third kappa shape index (κ3) is 4.43. The number of carbonyl (C=O) groups is 1. The second-order valence-electron chi connectivity index (χ2n) is 6.88. The summed E-state index contributed by atoms with van der Waals surface area (Å²) in [5, 5.41) is 12.7. The summed E-state index contributed by atoms with van der Waals surface area (Å²) in [6.07, 6.45) is 0.543. The van der Waals surface area contributed by atoms with Crippen molar-refractivity contribution in [2.45, 2.75) is 36.7 Å². The number of aliphatic hydroxyl groups is 1. The van der Waals surface area contributed by atoms with Crippen molar-refractivity contribution in [3.8, 4) is 0 Å². The van der Waals surface area contributed by atoms with Crippen LogP contribution in [0.1, 0.15) is 30.6 Å². The zero-order valence-corrected chi connectivity index (χ0v) is 16.4. The van der Waals surface area contributed by atoms with Crippen molar-refractivity contribution in [2.75, 3.05) is 39.2 Å². The maximum atomic E-state index is 12.4.